The van der Waals surface area contributed by atoms with Gasteiger partial charge in [-0.3, -0.25) is 4.55 Å². The van der Waals surface area contributed by atoms with E-state index in [1.165, 1.54) is 0 Å². The fourth-order valence-corrected chi connectivity index (χ4v) is 1.74. The van der Waals surface area contributed by atoms with E-state index in [9.17, 15) is 8.42 Å². The number of benzene rings is 2. The van der Waals surface area contributed by atoms with Crippen molar-refractivity contribution in [3.05, 3.63) is 54.1 Å². The van der Waals surface area contributed by atoms with Crippen molar-refractivity contribution < 1.29 is 13.0 Å². The fraction of sp³-hybridized carbons (Fsp3) is 0. The van der Waals surface area contributed by atoms with Crippen molar-refractivity contribution in [2.75, 3.05) is 5.32 Å². The molecule has 88 valence electrons. The summed E-state index contributed by atoms with van der Waals surface area (Å²) in [6.45, 7) is 3.25. The number of hydrogen-bond donors (Lipinski definition) is 2. The van der Waals surface area contributed by atoms with Crippen LogP contribution in [0.2, 0.25) is 0 Å². The van der Waals surface area contributed by atoms with Gasteiger partial charge in [0.2, 0.25) is 0 Å². The van der Waals surface area contributed by atoms with Crippen LogP contribution in [0, 0.1) is 0 Å². The van der Waals surface area contributed by atoms with E-state index in [-0.39, 0.29) is 0 Å². The Kier molecular flexibility index (Phi) is 2.87. The Bertz CT molecular complexity index is 677. The average molecular weight is 249 g/mol. The zero-order chi connectivity index (χ0) is 12.5. The first kappa shape index (κ1) is 11.6. The molecule has 0 radical (unpaired) electrons. The summed E-state index contributed by atoms with van der Waals surface area (Å²) in [6, 6.07) is 13.0. The number of anilines is 1. The zero-order valence-electron chi connectivity index (χ0n) is 8.92. The predicted molar refractivity (Wildman–Crippen MR) is 68.3 cm³/mol. The summed E-state index contributed by atoms with van der Waals surface area (Å²) in [6.07, 6.45) is 0. The van der Waals surface area contributed by atoms with Crippen LogP contribution in [0.5, 0.6) is 0 Å². The minimum atomic E-state index is -4.26. The maximum atomic E-state index is 10.8. The monoisotopic (exact) mass is 249 g/mol. The molecule has 0 bridgehead atoms. The topological polar surface area (TPSA) is 66.4 Å². The third kappa shape index (κ3) is 2.64. The number of fused-ring (bicyclic) bond motifs is 1. The molecule has 2 rings (SSSR count). The van der Waals surface area contributed by atoms with Gasteiger partial charge in [-0.15, -0.1) is 0 Å². The first-order valence-corrected chi connectivity index (χ1v) is 6.33. The standard InChI is InChI=1S/C12H11NO3S/c1-9(17(14,15)16)13-12-7-6-10-4-2-3-5-11(10)8-12/h2-8,13H,1H2,(H,14,15,16). The summed E-state index contributed by atoms with van der Waals surface area (Å²) in [7, 11) is -4.26. The Morgan fingerprint density at radius 3 is 2.41 bits per heavy atom. The van der Waals surface area contributed by atoms with Crippen molar-refractivity contribution in [1.82, 2.24) is 0 Å². The summed E-state index contributed by atoms with van der Waals surface area (Å²) < 4.78 is 30.4. The molecule has 0 aromatic heterocycles. The molecule has 0 amide bonds. The third-order valence-corrected chi connectivity index (χ3v) is 3.07. The van der Waals surface area contributed by atoms with Crippen LogP contribution in [0.15, 0.2) is 54.1 Å². The van der Waals surface area contributed by atoms with Gasteiger partial charge in [0.15, 0.2) is 5.03 Å². The van der Waals surface area contributed by atoms with Gasteiger partial charge in [-0.2, -0.15) is 8.42 Å². The number of nitrogens with one attached hydrogen (secondary N) is 1. The van der Waals surface area contributed by atoms with Crippen LogP contribution in [0.25, 0.3) is 10.8 Å². The Hall–Kier alpha value is -1.85. The lowest BCUT2D eigenvalue weighted by molar-refractivity contribution is 0.491. The second kappa shape index (κ2) is 4.20. The normalized spacial score (nSPS) is 11.4. The second-order valence-electron chi connectivity index (χ2n) is 3.59. The molecule has 0 spiro atoms. The van der Waals surface area contributed by atoms with Gasteiger partial charge >= 0.3 is 10.1 Å². The number of rotatable bonds is 3. The molecule has 0 heterocycles. The van der Waals surface area contributed by atoms with Gasteiger partial charge in [0, 0.05) is 5.69 Å². The van der Waals surface area contributed by atoms with Crippen LogP contribution in [0.1, 0.15) is 0 Å². The zero-order valence-corrected chi connectivity index (χ0v) is 9.74. The van der Waals surface area contributed by atoms with E-state index in [2.05, 4.69) is 11.9 Å². The van der Waals surface area contributed by atoms with Crippen LogP contribution in [-0.4, -0.2) is 13.0 Å². The summed E-state index contributed by atoms with van der Waals surface area (Å²) >= 11 is 0. The van der Waals surface area contributed by atoms with Crippen LogP contribution in [0.3, 0.4) is 0 Å². The Morgan fingerprint density at radius 1 is 1.12 bits per heavy atom. The van der Waals surface area contributed by atoms with Crippen molar-refractivity contribution in [3.8, 4) is 0 Å². The molecule has 0 unspecified atom stereocenters. The summed E-state index contributed by atoms with van der Waals surface area (Å²) in [5.41, 5.74) is 0.561. The van der Waals surface area contributed by atoms with Crippen molar-refractivity contribution in [2.45, 2.75) is 0 Å². The highest BCUT2D eigenvalue weighted by Crippen LogP contribution is 2.20. The summed E-state index contributed by atoms with van der Waals surface area (Å²) in [5.74, 6) is 0. The van der Waals surface area contributed by atoms with Gasteiger partial charge in [-0.25, -0.2) is 0 Å². The lowest BCUT2D eigenvalue weighted by atomic mass is 10.1. The first-order valence-electron chi connectivity index (χ1n) is 4.89. The predicted octanol–water partition coefficient (Wildman–Crippen LogP) is 2.61. The summed E-state index contributed by atoms with van der Waals surface area (Å²) in [4.78, 5) is 0. The van der Waals surface area contributed by atoms with Crippen molar-refractivity contribution >= 4 is 26.6 Å². The highest BCUT2D eigenvalue weighted by molar-refractivity contribution is 7.89. The average Bonchev–Trinajstić information content (AvgIpc) is 2.27. The van der Waals surface area contributed by atoms with E-state index in [1.54, 1.807) is 12.1 Å². The summed E-state index contributed by atoms with van der Waals surface area (Å²) in [5, 5.41) is 4.13. The smallest absolute Gasteiger partial charge is 0.309 e. The molecule has 0 aliphatic carbocycles. The van der Waals surface area contributed by atoms with E-state index in [0.29, 0.717) is 5.69 Å². The highest BCUT2D eigenvalue weighted by Gasteiger charge is 2.10. The molecule has 17 heavy (non-hydrogen) atoms. The Labute approximate surface area is 99.3 Å². The van der Waals surface area contributed by atoms with Gasteiger partial charge in [-0.05, 0) is 22.9 Å². The molecule has 0 saturated carbocycles. The second-order valence-corrected chi connectivity index (χ2v) is 5.03. The van der Waals surface area contributed by atoms with Gasteiger partial charge in [0.05, 0.1) is 0 Å². The molecule has 0 saturated heterocycles. The lowest BCUT2D eigenvalue weighted by Gasteiger charge is -2.07. The molecule has 0 atom stereocenters. The molecule has 0 aliphatic heterocycles. The molecular formula is C12H11NO3S. The van der Waals surface area contributed by atoms with Crippen molar-refractivity contribution in [3.63, 3.8) is 0 Å². The molecule has 0 fully saturated rings. The largest absolute Gasteiger partial charge is 0.345 e. The molecule has 4 nitrogen and oxygen atoms in total. The molecule has 2 aromatic carbocycles. The maximum absolute atomic E-state index is 10.8. The molecule has 5 heteroatoms. The van der Waals surface area contributed by atoms with E-state index in [4.69, 9.17) is 4.55 Å². The van der Waals surface area contributed by atoms with E-state index < -0.39 is 15.1 Å². The molecular weight excluding hydrogens is 238 g/mol. The molecule has 2 N–H and O–H groups in total. The SMILES string of the molecule is C=C(Nc1ccc2ccccc2c1)S(=O)(=O)O. The van der Waals surface area contributed by atoms with Gasteiger partial charge < -0.3 is 5.32 Å². The minimum absolute atomic E-state index is 0.437. The van der Waals surface area contributed by atoms with Crippen molar-refractivity contribution in [2.24, 2.45) is 0 Å². The van der Waals surface area contributed by atoms with Crippen molar-refractivity contribution in [1.29, 1.82) is 0 Å². The van der Waals surface area contributed by atoms with Gasteiger partial charge in [-0.1, -0.05) is 36.9 Å². The fourth-order valence-electron chi connectivity index (χ4n) is 1.49. The quantitative estimate of drug-likeness (QED) is 0.820. The Balaban J connectivity index is 2.35. The minimum Gasteiger partial charge on any atom is -0.345 e. The molecule has 2 aromatic rings. The molecule has 0 aliphatic rings. The highest BCUT2D eigenvalue weighted by atomic mass is 32.2. The van der Waals surface area contributed by atoms with E-state index >= 15 is 0 Å². The number of hydrogen-bond acceptors (Lipinski definition) is 3. The third-order valence-electron chi connectivity index (χ3n) is 2.34. The van der Waals surface area contributed by atoms with Crippen LogP contribution in [-0.2, 0) is 10.1 Å². The maximum Gasteiger partial charge on any atom is 0.309 e. The first-order chi connectivity index (χ1) is 7.97. The van der Waals surface area contributed by atoms with Crippen LogP contribution < -0.4 is 5.32 Å². The van der Waals surface area contributed by atoms with Crippen LogP contribution >= 0.6 is 0 Å². The van der Waals surface area contributed by atoms with Gasteiger partial charge in [0.1, 0.15) is 0 Å². The van der Waals surface area contributed by atoms with E-state index in [1.807, 2.05) is 30.3 Å². The lowest BCUT2D eigenvalue weighted by Crippen LogP contribution is -2.09. The van der Waals surface area contributed by atoms with E-state index in [0.717, 1.165) is 10.8 Å². The van der Waals surface area contributed by atoms with Crippen LogP contribution in [0.4, 0.5) is 5.69 Å². The Morgan fingerprint density at radius 2 is 1.76 bits per heavy atom. The van der Waals surface area contributed by atoms with Gasteiger partial charge in [0.25, 0.3) is 0 Å².